The molecule has 90 valence electrons. The Hall–Kier alpha value is -1.62. The lowest BCUT2D eigenvalue weighted by Gasteiger charge is -2.25. The molecule has 1 aliphatic heterocycles. The highest BCUT2D eigenvalue weighted by atomic mass is 35.5. The van der Waals surface area contributed by atoms with Crippen LogP contribution in [-0.4, -0.2) is 23.3 Å². The molecule has 2 rings (SSSR count). The van der Waals surface area contributed by atoms with Crippen LogP contribution in [0.1, 0.15) is 29.6 Å². The highest BCUT2D eigenvalue weighted by Gasteiger charge is 2.22. The third-order valence-corrected chi connectivity index (χ3v) is 3.01. The molecule has 0 unspecified atom stereocenters. The Kier molecular flexibility index (Phi) is 3.28. The number of hydrogen-bond donors (Lipinski definition) is 1. The van der Waals surface area contributed by atoms with E-state index in [4.69, 9.17) is 17.3 Å². The second kappa shape index (κ2) is 4.71. The van der Waals surface area contributed by atoms with Crippen molar-refractivity contribution >= 4 is 29.2 Å². The summed E-state index contributed by atoms with van der Waals surface area (Å²) in [4.78, 5) is 28.5. The van der Waals surface area contributed by atoms with E-state index in [1.54, 1.807) is 4.90 Å². The molecular weight excluding hydrogens is 242 g/mol. The maximum Gasteiger partial charge on any atom is 0.250 e. The third kappa shape index (κ3) is 2.39. The van der Waals surface area contributed by atoms with Crippen LogP contribution in [0.15, 0.2) is 12.3 Å². The summed E-state index contributed by atoms with van der Waals surface area (Å²) in [5.41, 5.74) is 5.38. The van der Waals surface area contributed by atoms with Crippen LogP contribution in [-0.2, 0) is 4.79 Å². The third-order valence-electron chi connectivity index (χ3n) is 2.71. The van der Waals surface area contributed by atoms with Gasteiger partial charge in [-0.3, -0.25) is 14.5 Å². The SMILES string of the molecule is NC(=O)c1cc(N2CCCCC2=O)ncc1Cl. The van der Waals surface area contributed by atoms with Crippen LogP contribution in [0, 0.1) is 0 Å². The number of carbonyl (C=O) groups is 2. The molecule has 0 spiro atoms. The first kappa shape index (κ1) is 11.9. The van der Waals surface area contributed by atoms with Crippen LogP contribution >= 0.6 is 11.6 Å². The number of pyridine rings is 1. The van der Waals surface area contributed by atoms with Gasteiger partial charge in [0.25, 0.3) is 0 Å². The maximum atomic E-state index is 11.7. The van der Waals surface area contributed by atoms with E-state index in [1.807, 2.05) is 0 Å². The Bertz CT molecular complexity index is 476. The largest absolute Gasteiger partial charge is 0.366 e. The number of rotatable bonds is 2. The molecule has 2 heterocycles. The normalized spacial score (nSPS) is 16.1. The predicted octanol–water partition coefficient (Wildman–Crippen LogP) is 1.35. The zero-order chi connectivity index (χ0) is 12.4. The van der Waals surface area contributed by atoms with Crippen LogP contribution in [0.4, 0.5) is 5.82 Å². The summed E-state index contributed by atoms with van der Waals surface area (Å²) < 4.78 is 0. The minimum atomic E-state index is -0.622. The number of anilines is 1. The van der Waals surface area contributed by atoms with Crippen molar-refractivity contribution in [2.45, 2.75) is 19.3 Å². The van der Waals surface area contributed by atoms with Gasteiger partial charge in [0.2, 0.25) is 11.8 Å². The topological polar surface area (TPSA) is 76.3 Å². The first-order valence-electron chi connectivity index (χ1n) is 5.35. The van der Waals surface area contributed by atoms with Crippen LogP contribution in [0.2, 0.25) is 5.02 Å². The molecule has 2 amide bonds. The number of nitrogens with zero attached hydrogens (tertiary/aromatic N) is 2. The monoisotopic (exact) mass is 253 g/mol. The number of halogens is 1. The van der Waals surface area contributed by atoms with E-state index in [0.29, 0.717) is 18.8 Å². The molecule has 1 aromatic heterocycles. The van der Waals surface area contributed by atoms with Gasteiger partial charge < -0.3 is 5.73 Å². The summed E-state index contributed by atoms with van der Waals surface area (Å²) in [5.74, 6) is -0.169. The summed E-state index contributed by atoms with van der Waals surface area (Å²) in [6, 6.07) is 1.47. The van der Waals surface area contributed by atoms with Gasteiger partial charge in [0.1, 0.15) is 5.82 Å². The molecule has 1 aliphatic rings. The number of primary amides is 1. The fraction of sp³-hybridized carbons (Fsp3) is 0.364. The molecular formula is C11H12ClN3O2. The van der Waals surface area contributed by atoms with Crippen molar-refractivity contribution < 1.29 is 9.59 Å². The molecule has 17 heavy (non-hydrogen) atoms. The van der Waals surface area contributed by atoms with Gasteiger partial charge in [-0.15, -0.1) is 0 Å². The molecule has 1 saturated heterocycles. The minimum Gasteiger partial charge on any atom is -0.366 e. The van der Waals surface area contributed by atoms with Crippen molar-refractivity contribution in [1.29, 1.82) is 0 Å². The smallest absolute Gasteiger partial charge is 0.250 e. The fourth-order valence-corrected chi connectivity index (χ4v) is 2.01. The Labute approximate surface area is 104 Å². The van der Waals surface area contributed by atoms with Gasteiger partial charge in [-0.1, -0.05) is 11.6 Å². The van der Waals surface area contributed by atoms with Gasteiger partial charge in [0.05, 0.1) is 10.6 Å². The lowest BCUT2D eigenvalue weighted by atomic mass is 10.1. The first-order valence-corrected chi connectivity index (χ1v) is 5.73. The second-order valence-corrected chi connectivity index (χ2v) is 4.30. The van der Waals surface area contributed by atoms with Crippen molar-refractivity contribution in [2.75, 3.05) is 11.4 Å². The summed E-state index contributed by atoms with van der Waals surface area (Å²) in [5, 5.41) is 0.200. The van der Waals surface area contributed by atoms with Crippen molar-refractivity contribution in [1.82, 2.24) is 4.98 Å². The molecule has 0 aromatic carbocycles. The van der Waals surface area contributed by atoms with Gasteiger partial charge >= 0.3 is 0 Å². The molecule has 5 nitrogen and oxygen atoms in total. The van der Waals surface area contributed by atoms with E-state index in [0.717, 1.165) is 12.8 Å². The average molecular weight is 254 g/mol. The van der Waals surface area contributed by atoms with E-state index < -0.39 is 5.91 Å². The summed E-state index contributed by atoms with van der Waals surface area (Å²) >= 11 is 5.80. The molecule has 0 aliphatic carbocycles. The summed E-state index contributed by atoms with van der Waals surface area (Å²) in [6.45, 7) is 0.617. The average Bonchev–Trinajstić information content (AvgIpc) is 2.30. The van der Waals surface area contributed by atoms with Crippen molar-refractivity contribution in [2.24, 2.45) is 5.73 Å². The van der Waals surface area contributed by atoms with E-state index >= 15 is 0 Å². The number of carbonyl (C=O) groups excluding carboxylic acids is 2. The Morgan fingerprint density at radius 1 is 1.47 bits per heavy atom. The highest BCUT2D eigenvalue weighted by Crippen LogP contribution is 2.23. The Balaban J connectivity index is 2.35. The predicted molar refractivity (Wildman–Crippen MR) is 64.0 cm³/mol. The van der Waals surface area contributed by atoms with Crippen molar-refractivity contribution in [3.05, 3.63) is 22.8 Å². The molecule has 1 fully saturated rings. The molecule has 1 aromatic rings. The number of hydrogen-bond acceptors (Lipinski definition) is 3. The van der Waals surface area contributed by atoms with Crippen LogP contribution in [0.5, 0.6) is 0 Å². The summed E-state index contributed by atoms with van der Waals surface area (Å²) in [6.07, 6.45) is 3.68. The van der Waals surface area contributed by atoms with E-state index in [9.17, 15) is 9.59 Å². The fourth-order valence-electron chi connectivity index (χ4n) is 1.81. The number of amides is 2. The zero-order valence-electron chi connectivity index (χ0n) is 9.15. The van der Waals surface area contributed by atoms with Gasteiger partial charge in [0.15, 0.2) is 0 Å². The van der Waals surface area contributed by atoms with Crippen LogP contribution < -0.4 is 10.6 Å². The standard InChI is InChI=1S/C11H12ClN3O2/c12-8-6-14-9(5-7(8)11(13)17)15-4-2-1-3-10(15)16/h5-6H,1-4H2,(H2,13,17). The quantitative estimate of drug-likeness (QED) is 0.864. The molecule has 0 atom stereocenters. The lowest BCUT2D eigenvalue weighted by molar-refractivity contribution is -0.119. The van der Waals surface area contributed by atoms with E-state index in [-0.39, 0.29) is 16.5 Å². The van der Waals surface area contributed by atoms with Crippen molar-refractivity contribution in [3.63, 3.8) is 0 Å². The number of nitrogens with two attached hydrogens (primary N) is 1. The second-order valence-electron chi connectivity index (χ2n) is 3.89. The molecule has 0 bridgehead atoms. The zero-order valence-corrected chi connectivity index (χ0v) is 9.91. The van der Waals surface area contributed by atoms with Gasteiger partial charge in [0, 0.05) is 19.2 Å². The van der Waals surface area contributed by atoms with Gasteiger partial charge in [-0.05, 0) is 18.9 Å². The number of piperidine rings is 1. The number of aromatic nitrogens is 1. The Morgan fingerprint density at radius 3 is 2.88 bits per heavy atom. The minimum absolute atomic E-state index is 0.0153. The van der Waals surface area contributed by atoms with E-state index in [2.05, 4.69) is 4.98 Å². The lowest BCUT2D eigenvalue weighted by Crippen LogP contribution is -2.36. The van der Waals surface area contributed by atoms with Gasteiger partial charge in [-0.25, -0.2) is 4.98 Å². The van der Waals surface area contributed by atoms with Crippen molar-refractivity contribution in [3.8, 4) is 0 Å². The molecule has 0 radical (unpaired) electrons. The molecule has 2 N–H and O–H groups in total. The van der Waals surface area contributed by atoms with Gasteiger partial charge in [-0.2, -0.15) is 0 Å². The summed E-state index contributed by atoms with van der Waals surface area (Å²) in [7, 11) is 0. The van der Waals surface area contributed by atoms with E-state index in [1.165, 1.54) is 12.3 Å². The maximum absolute atomic E-state index is 11.7. The van der Waals surface area contributed by atoms with Crippen LogP contribution in [0.3, 0.4) is 0 Å². The first-order chi connectivity index (χ1) is 8.09. The Morgan fingerprint density at radius 2 is 2.24 bits per heavy atom. The highest BCUT2D eigenvalue weighted by molar-refractivity contribution is 6.33. The molecule has 6 heteroatoms. The van der Waals surface area contributed by atoms with Crippen LogP contribution in [0.25, 0.3) is 0 Å². The molecule has 0 saturated carbocycles.